The number of benzene rings is 2. The molecule has 11 nitrogen and oxygen atoms in total. The fraction of sp³-hybridized carbons (Fsp3) is 0.400. The molecule has 4 heterocycles. The van der Waals surface area contributed by atoms with Crippen LogP contribution in [0.4, 0.5) is 10.2 Å². The third kappa shape index (κ3) is 6.04. The molecule has 3 fully saturated rings. The van der Waals surface area contributed by atoms with Crippen LogP contribution in [0.1, 0.15) is 39.5 Å². The van der Waals surface area contributed by atoms with Crippen molar-refractivity contribution >= 4 is 22.8 Å². The van der Waals surface area contributed by atoms with Gasteiger partial charge in [0.15, 0.2) is 5.65 Å². The van der Waals surface area contributed by atoms with Gasteiger partial charge in [-0.1, -0.05) is 18.2 Å². The number of carbonyl (C=O) groups is 1. The highest BCUT2D eigenvalue weighted by atomic mass is 19.1. The van der Waals surface area contributed by atoms with Crippen LogP contribution >= 0.6 is 0 Å². The van der Waals surface area contributed by atoms with E-state index in [-0.39, 0.29) is 34.9 Å². The molecule has 2 N–H and O–H groups in total. The molecule has 2 saturated heterocycles. The van der Waals surface area contributed by atoms with E-state index in [9.17, 15) is 10.1 Å². The first-order valence-corrected chi connectivity index (χ1v) is 16.0. The average molecular weight is 637 g/mol. The lowest BCUT2D eigenvalue weighted by Crippen LogP contribution is -2.58. The van der Waals surface area contributed by atoms with Gasteiger partial charge in [-0.05, 0) is 69.9 Å². The first-order chi connectivity index (χ1) is 22.7. The Kier molecular flexibility index (Phi) is 8.11. The minimum absolute atomic E-state index is 0.130. The molecule has 242 valence electrons. The number of halogens is 1. The summed E-state index contributed by atoms with van der Waals surface area (Å²) in [4.78, 5) is 26.7. The molecule has 2 aromatic heterocycles. The molecule has 2 aromatic carbocycles. The van der Waals surface area contributed by atoms with E-state index >= 15 is 4.39 Å². The van der Waals surface area contributed by atoms with Crippen LogP contribution in [0.3, 0.4) is 0 Å². The number of hydrogen-bond acceptors (Lipinski definition) is 9. The molecule has 1 atom stereocenters. The summed E-state index contributed by atoms with van der Waals surface area (Å²) in [5.41, 5.74) is 6.92. The maximum atomic E-state index is 15.6. The van der Waals surface area contributed by atoms with Crippen molar-refractivity contribution in [3.05, 3.63) is 72.3 Å². The molecule has 1 aliphatic carbocycles. The molecule has 0 spiro atoms. The van der Waals surface area contributed by atoms with E-state index in [2.05, 4.69) is 34.8 Å². The number of nitriles is 1. The van der Waals surface area contributed by atoms with Crippen molar-refractivity contribution < 1.29 is 18.7 Å². The van der Waals surface area contributed by atoms with Crippen molar-refractivity contribution in [3.8, 4) is 28.8 Å². The van der Waals surface area contributed by atoms with E-state index in [1.807, 2.05) is 24.3 Å². The molecule has 7 rings (SSSR count). The molecule has 2 aliphatic heterocycles. The van der Waals surface area contributed by atoms with Crippen molar-refractivity contribution in [2.45, 2.75) is 69.7 Å². The van der Waals surface area contributed by atoms with E-state index in [4.69, 9.17) is 20.3 Å². The summed E-state index contributed by atoms with van der Waals surface area (Å²) in [6, 6.07) is 16.4. The zero-order valence-corrected chi connectivity index (χ0v) is 26.5. The van der Waals surface area contributed by atoms with Gasteiger partial charge >= 0.3 is 0 Å². The lowest BCUT2D eigenvalue weighted by atomic mass is 9.95. The number of ether oxygens (including phenoxy) is 2. The van der Waals surface area contributed by atoms with Gasteiger partial charge in [0.2, 0.25) is 0 Å². The second-order valence-electron chi connectivity index (χ2n) is 13.0. The molecule has 3 aliphatic rings. The Hall–Kier alpha value is -4.86. The number of rotatable bonds is 10. The lowest BCUT2D eigenvalue weighted by molar-refractivity contribution is -0.127. The Labute approximate surface area is 272 Å². The van der Waals surface area contributed by atoms with Gasteiger partial charge in [0.25, 0.3) is 5.91 Å². The number of fused-ring (bicyclic) bond motifs is 1. The topological polar surface area (TPSA) is 135 Å². The third-order valence-electron chi connectivity index (χ3n) is 9.22. The Balaban J connectivity index is 1.15. The van der Waals surface area contributed by atoms with Crippen molar-refractivity contribution in [3.63, 3.8) is 0 Å². The summed E-state index contributed by atoms with van der Waals surface area (Å²) in [6.07, 6.45) is 6.90. The molecular weight excluding hydrogens is 599 g/mol. The van der Waals surface area contributed by atoms with Gasteiger partial charge in [-0.25, -0.2) is 19.0 Å². The maximum Gasteiger partial charge on any atom is 0.264 e. The van der Waals surface area contributed by atoms with Crippen molar-refractivity contribution in [2.24, 2.45) is 0 Å². The van der Waals surface area contributed by atoms with Crippen molar-refractivity contribution in [1.29, 1.82) is 5.26 Å². The number of aromatic nitrogens is 4. The normalized spacial score (nSPS) is 18.8. The number of para-hydroxylation sites is 1. The van der Waals surface area contributed by atoms with Gasteiger partial charge in [-0.15, -0.1) is 0 Å². The van der Waals surface area contributed by atoms with E-state index in [1.54, 1.807) is 33.8 Å². The van der Waals surface area contributed by atoms with Crippen molar-refractivity contribution in [1.82, 2.24) is 29.5 Å². The summed E-state index contributed by atoms with van der Waals surface area (Å²) in [5.74, 6) is 0.277. The Morgan fingerprint density at radius 3 is 2.62 bits per heavy atom. The summed E-state index contributed by atoms with van der Waals surface area (Å²) in [7, 11) is 0. The van der Waals surface area contributed by atoms with Crippen LogP contribution in [-0.2, 0) is 16.1 Å². The highest BCUT2D eigenvalue weighted by Crippen LogP contribution is 2.38. The van der Waals surface area contributed by atoms with Crippen LogP contribution in [-0.4, -0.2) is 78.9 Å². The number of carbonyl (C=O) groups excluding carboxylic acids is 1. The average Bonchev–Trinajstić information content (AvgIpc) is 3.64. The molecule has 4 aromatic rings. The van der Waals surface area contributed by atoms with Crippen LogP contribution < -0.4 is 10.5 Å². The number of hydrogen-bond donors (Lipinski definition) is 1. The SMILES string of the molecule is CC(C)(C=C(C#N)C(=O)N1CCCC1Cn1nc(-c2ccc(Oc3ccccc3)cc2F)c2c(N)ncnc21)N(C1CC1)C1COC1. The maximum absolute atomic E-state index is 15.6. The molecule has 1 amide bonds. The van der Waals surface area contributed by atoms with Gasteiger partial charge in [-0.3, -0.25) is 9.69 Å². The predicted octanol–water partition coefficient (Wildman–Crippen LogP) is 5.09. The van der Waals surface area contributed by atoms with E-state index in [0.29, 0.717) is 60.6 Å². The van der Waals surface area contributed by atoms with E-state index in [1.165, 1.54) is 12.4 Å². The molecular formula is C35H37FN8O3. The van der Waals surface area contributed by atoms with Crippen LogP contribution in [0.15, 0.2) is 66.5 Å². The monoisotopic (exact) mass is 636 g/mol. The number of anilines is 1. The summed E-state index contributed by atoms with van der Waals surface area (Å²) in [5, 5.41) is 15.4. The Bertz CT molecular complexity index is 1880. The fourth-order valence-electron chi connectivity index (χ4n) is 6.91. The number of likely N-dealkylation sites (tertiary alicyclic amines) is 1. The van der Waals surface area contributed by atoms with Gasteiger partial charge in [0, 0.05) is 29.8 Å². The third-order valence-corrected chi connectivity index (χ3v) is 9.22. The molecule has 12 heteroatoms. The van der Waals surface area contributed by atoms with Gasteiger partial charge in [0.05, 0.1) is 37.2 Å². The van der Waals surface area contributed by atoms with Crippen LogP contribution in [0.5, 0.6) is 11.5 Å². The van der Waals surface area contributed by atoms with Crippen LogP contribution in [0, 0.1) is 17.1 Å². The van der Waals surface area contributed by atoms with E-state index < -0.39 is 11.4 Å². The minimum Gasteiger partial charge on any atom is -0.457 e. The van der Waals surface area contributed by atoms with Gasteiger partial charge < -0.3 is 20.1 Å². The fourth-order valence-corrected chi connectivity index (χ4v) is 6.91. The van der Waals surface area contributed by atoms with E-state index in [0.717, 1.165) is 25.7 Å². The highest BCUT2D eigenvalue weighted by Gasteiger charge is 2.45. The largest absolute Gasteiger partial charge is 0.457 e. The highest BCUT2D eigenvalue weighted by molar-refractivity contribution is 5.99. The standard InChI is InChI=1S/C35H37FN8O3/c1-35(2,44(23-10-11-23)25-19-46-20-25)16-22(17-37)34(45)42-14-6-7-24(42)18-43-33-30(32(38)39-21-40-33)31(41-43)28-13-12-27(15-29(28)36)47-26-8-4-3-5-9-26/h3-5,8-9,12-13,15-16,21,23-25H,6-7,10-11,14,18-20H2,1-2H3,(H2,38,39,40). The molecule has 0 bridgehead atoms. The summed E-state index contributed by atoms with van der Waals surface area (Å²) >= 11 is 0. The Morgan fingerprint density at radius 1 is 1.15 bits per heavy atom. The second-order valence-corrected chi connectivity index (χ2v) is 13.0. The zero-order chi connectivity index (χ0) is 32.7. The second kappa shape index (κ2) is 12.4. The van der Waals surface area contributed by atoms with Crippen LogP contribution in [0.25, 0.3) is 22.3 Å². The zero-order valence-electron chi connectivity index (χ0n) is 26.5. The minimum atomic E-state index is -0.536. The number of nitrogens with zero attached hydrogens (tertiary/aromatic N) is 7. The molecule has 0 radical (unpaired) electrons. The van der Waals surface area contributed by atoms with Crippen molar-refractivity contribution in [2.75, 3.05) is 25.5 Å². The molecule has 47 heavy (non-hydrogen) atoms. The molecule has 1 unspecified atom stereocenters. The van der Waals surface area contributed by atoms with Gasteiger partial charge in [-0.2, -0.15) is 10.4 Å². The quantitative estimate of drug-likeness (QED) is 0.187. The number of nitrogen functional groups attached to an aromatic ring is 1. The number of nitrogens with two attached hydrogens (primary N) is 1. The first-order valence-electron chi connectivity index (χ1n) is 16.0. The smallest absolute Gasteiger partial charge is 0.264 e. The van der Waals surface area contributed by atoms with Gasteiger partial charge in [0.1, 0.15) is 46.8 Å². The lowest BCUT2D eigenvalue weighted by Gasteiger charge is -2.46. The summed E-state index contributed by atoms with van der Waals surface area (Å²) < 4.78 is 28.6. The first kappa shape index (κ1) is 30.8. The summed E-state index contributed by atoms with van der Waals surface area (Å²) in [6.45, 7) is 6.29. The molecule has 1 saturated carbocycles. The predicted molar refractivity (Wildman–Crippen MR) is 174 cm³/mol. The van der Waals surface area contributed by atoms with Crippen LogP contribution in [0.2, 0.25) is 0 Å². The Morgan fingerprint density at radius 2 is 1.94 bits per heavy atom. The number of amides is 1.